The maximum Gasteiger partial charge on any atom is 1.00 e. The van der Waals surface area contributed by atoms with Gasteiger partial charge in [-0.1, -0.05) is 70.4 Å². The van der Waals surface area contributed by atoms with E-state index in [0.29, 0.717) is 0 Å². The van der Waals surface area contributed by atoms with E-state index in [1.54, 1.807) is 0 Å². The monoisotopic (exact) mass is 490 g/mol. The number of carboxylic acids is 2. The molecule has 33 heavy (non-hydrogen) atoms. The zero-order valence-electron chi connectivity index (χ0n) is 20.2. The first kappa shape index (κ1) is 34.1. The van der Waals surface area contributed by atoms with Crippen LogP contribution in [0.4, 0.5) is 0 Å². The number of carbonyl (C=O) groups excluding carboxylic acids is 1. The van der Waals surface area contributed by atoms with Gasteiger partial charge in [0.1, 0.15) is 0 Å². The molecule has 1 aromatic rings. The van der Waals surface area contributed by atoms with Gasteiger partial charge < -0.3 is 30.3 Å². The number of phenolic OH excluding ortho intramolecular Hbond substituents is 3. The zero-order valence-corrected chi connectivity index (χ0v) is 23.3. The number of aliphatic carboxylic acids is 1. The molecule has 0 heterocycles. The number of carboxylic acid groups (broad SMARTS) is 2. The molecule has 8 heteroatoms. The maximum atomic E-state index is 10.3. The van der Waals surface area contributed by atoms with Crippen LogP contribution in [-0.4, -0.2) is 32.4 Å². The second-order valence-corrected chi connectivity index (χ2v) is 7.87. The van der Waals surface area contributed by atoms with E-state index in [2.05, 4.69) is 19.1 Å². The number of unbranched alkanes of at least 4 members (excludes halogenated alkanes) is 11. The maximum absolute atomic E-state index is 10.3. The molecule has 0 fully saturated rings. The van der Waals surface area contributed by atoms with Gasteiger partial charge in [-0.3, -0.25) is 0 Å². The summed E-state index contributed by atoms with van der Waals surface area (Å²) in [6.45, 7) is 2.26. The minimum Gasteiger partial charge on any atom is -0.550 e. The van der Waals surface area contributed by atoms with Crippen molar-refractivity contribution in [2.24, 2.45) is 0 Å². The van der Waals surface area contributed by atoms with Crippen molar-refractivity contribution in [1.82, 2.24) is 0 Å². The van der Waals surface area contributed by atoms with Gasteiger partial charge in [0.25, 0.3) is 0 Å². The Morgan fingerprint density at radius 3 is 1.64 bits per heavy atom. The van der Waals surface area contributed by atoms with Crippen LogP contribution < -0.4 is 56.5 Å². The Morgan fingerprint density at radius 2 is 1.21 bits per heavy atom. The number of rotatable bonds is 16. The van der Waals surface area contributed by atoms with Gasteiger partial charge in [0.15, 0.2) is 17.2 Å². The Morgan fingerprint density at radius 1 is 0.788 bits per heavy atom. The quantitative estimate of drug-likeness (QED) is 0.121. The van der Waals surface area contributed by atoms with E-state index in [-0.39, 0.29) is 63.4 Å². The van der Waals surface area contributed by atoms with Gasteiger partial charge >= 0.3 is 57.4 Å². The average molecular weight is 491 g/mol. The van der Waals surface area contributed by atoms with Crippen molar-refractivity contribution in [3.05, 3.63) is 29.8 Å². The van der Waals surface area contributed by atoms with Crippen molar-refractivity contribution < 1.29 is 86.5 Å². The average Bonchev–Trinajstić information content (AvgIpc) is 2.74. The van der Waals surface area contributed by atoms with Crippen molar-refractivity contribution in [2.45, 2.75) is 96.8 Å². The number of hydrogen-bond donors (Lipinski definition) is 4. The van der Waals surface area contributed by atoms with Gasteiger partial charge in [0, 0.05) is 5.97 Å². The number of benzene rings is 1. The van der Waals surface area contributed by atoms with Gasteiger partial charge in [-0.05, 0) is 50.7 Å². The molecule has 0 aliphatic rings. The minimum atomic E-state index is -1.29. The first-order valence-electron chi connectivity index (χ1n) is 11.6. The number of carbonyl (C=O) groups is 2. The second kappa shape index (κ2) is 22.7. The number of phenols is 3. The molecule has 0 atom stereocenters. The van der Waals surface area contributed by atoms with Crippen LogP contribution in [0.1, 0.15) is 107 Å². The fourth-order valence-corrected chi connectivity index (χ4v) is 3.07. The molecule has 1 rings (SSSR count). The van der Waals surface area contributed by atoms with Gasteiger partial charge in [-0.2, -0.15) is 0 Å². The van der Waals surface area contributed by atoms with Crippen LogP contribution in [0.25, 0.3) is 0 Å². The van der Waals surface area contributed by atoms with E-state index in [1.807, 2.05) is 0 Å². The van der Waals surface area contributed by atoms with Crippen molar-refractivity contribution in [2.75, 3.05) is 0 Å². The molecule has 0 unspecified atom stereocenters. The van der Waals surface area contributed by atoms with E-state index in [9.17, 15) is 14.7 Å². The summed E-state index contributed by atoms with van der Waals surface area (Å²) < 4.78 is 0. The SMILES string of the molecule is CCCCCCCC/C=C\CCCCCCCC(=O)[O-].O=C(O)c1cc(O)c(O)c(O)c1.[K+]. The largest absolute Gasteiger partial charge is 1.00 e. The number of allylic oxidation sites excluding steroid dienone is 2. The van der Waals surface area contributed by atoms with Crippen LogP contribution >= 0.6 is 0 Å². The van der Waals surface area contributed by atoms with Crippen molar-refractivity contribution in [3.8, 4) is 17.2 Å². The molecule has 0 radical (unpaired) electrons. The minimum absolute atomic E-state index is 0. The Bertz CT molecular complexity index is 666. The fraction of sp³-hybridized carbons (Fsp3) is 0.600. The molecule has 7 nitrogen and oxygen atoms in total. The smallest absolute Gasteiger partial charge is 0.550 e. The molecule has 182 valence electrons. The van der Waals surface area contributed by atoms with Crippen LogP contribution in [0, 0.1) is 0 Å². The molecule has 0 spiro atoms. The third-order valence-electron chi connectivity index (χ3n) is 4.96. The zero-order chi connectivity index (χ0) is 24.2. The van der Waals surface area contributed by atoms with Gasteiger partial charge in [0.2, 0.25) is 0 Å². The summed E-state index contributed by atoms with van der Waals surface area (Å²) in [5.41, 5.74) is -0.289. The van der Waals surface area contributed by atoms with Crippen molar-refractivity contribution >= 4 is 11.9 Å². The van der Waals surface area contributed by atoms with Crippen molar-refractivity contribution in [1.29, 1.82) is 0 Å². The molecular weight excluding hydrogens is 451 g/mol. The number of aromatic hydroxyl groups is 3. The first-order valence-corrected chi connectivity index (χ1v) is 11.6. The molecule has 0 amide bonds. The number of hydrogen-bond acceptors (Lipinski definition) is 6. The molecule has 0 bridgehead atoms. The predicted octanol–water partition coefficient (Wildman–Crippen LogP) is 2.28. The normalized spacial score (nSPS) is 10.3. The summed E-state index contributed by atoms with van der Waals surface area (Å²) in [7, 11) is 0. The summed E-state index contributed by atoms with van der Waals surface area (Å²) in [4.78, 5) is 20.5. The van der Waals surface area contributed by atoms with E-state index in [4.69, 9.17) is 20.4 Å². The summed E-state index contributed by atoms with van der Waals surface area (Å²) in [6.07, 6.45) is 20.9. The van der Waals surface area contributed by atoms with Gasteiger partial charge in [-0.25, -0.2) is 4.79 Å². The first-order chi connectivity index (χ1) is 15.3. The van der Waals surface area contributed by atoms with E-state index in [1.165, 1.54) is 64.2 Å². The van der Waals surface area contributed by atoms with Gasteiger partial charge in [-0.15, -0.1) is 0 Å². The van der Waals surface area contributed by atoms with E-state index >= 15 is 0 Å². The molecule has 0 aliphatic heterocycles. The predicted molar refractivity (Wildman–Crippen MR) is 123 cm³/mol. The Labute approximate surface area is 240 Å². The fourth-order valence-electron chi connectivity index (χ4n) is 3.07. The van der Waals surface area contributed by atoms with E-state index < -0.39 is 29.2 Å². The Kier molecular flexibility index (Phi) is 23.5. The van der Waals surface area contributed by atoms with Gasteiger partial charge in [0.05, 0.1) is 5.56 Å². The second-order valence-electron chi connectivity index (χ2n) is 7.87. The molecule has 1 aromatic carbocycles. The van der Waals surface area contributed by atoms with Crippen molar-refractivity contribution in [3.63, 3.8) is 0 Å². The third kappa shape index (κ3) is 20.1. The summed E-state index contributed by atoms with van der Waals surface area (Å²) in [6, 6.07) is 1.69. The van der Waals surface area contributed by atoms with E-state index in [0.717, 1.165) is 31.4 Å². The molecule has 0 aromatic heterocycles. The Balaban J connectivity index is 0. The topological polar surface area (TPSA) is 138 Å². The third-order valence-corrected chi connectivity index (χ3v) is 4.96. The van der Waals surface area contributed by atoms with Crippen LogP contribution in [0.3, 0.4) is 0 Å². The molecular formula is C25H39KO7. The summed E-state index contributed by atoms with van der Waals surface area (Å²) in [5.74, 6) is -4.25. The molecule has 0 saturated heterocycles. The standard InChI is InChI=1S/C18H34O2.C7H6O5.K/c1-2-3-4-5-6-7-8-9-10-11-12-13-14-15-16-17-18(19)20;8-4-1-3(7(11)12)2-5(9)6(4)10;/h9-10H,2-8,11-17H2,1H3,(H,19,20);1-2,8-10H,(H,11,12);/q;;+1/p-1/b10-9-;;. The Hall–Kier alpha value is -1.06. The summed E-state index contributed by atoms with van der Waals surface area (Å²) in [5, 5.41) is 45.2. The van der Waals surface area contributed by atoms with Crippen LogP contribution in [0.5, 0.6) is 17.2 Å². The molecule has 4 N–H and O–H groups in total. The van der Waals surface area contributed by atoms with Crippen LogP contribution in [0.2, 0.25) is 0 Å². The van der Waals surface area contributed by atoms with Crippen LogP contribution in [-0.2, 0) is 4.79 Å². The van der Waals surface area contributed by atoms with Crippen LogP contribution in [0.15, 0.2) is 24.3 Å². The summed E-state index contributed by atoms with van der Waals surface area (Å²) >= 11 is 0. The number of aromatic carboxylic acids is 1. The molecule has 0 aliphatic carbocycles. The molecule has 0 saturated carbocycles.